The number of nitrogens with one attached hydrogen (secondary N) is 2. The number of ether oxygens (including phenoxy) is 1. The lowest BCUT2D eigenvalue weighted by Crippen LogP contribution is -2.49. The van der Waals surface area contributed by atoms with Crippen LogP contribution in [0.15, 0.2) is 0 Å². The third-order valence-electron chi connectivity index (χ3n) is 2.08. The number of amides is 2. The summed E-state index contributed by atoms with van der Waals surface area (Å²) < 4.78 is 4.62. The van der Waals surface area contributed by atoms with Crippen molar-refractivity contribution in [1.29, 1.82) is 0 Å². The van der Waals surface area contributed by atoms with Crippen LogP contribution in [0.1, 0.15) is 27.7 Å². The third kappa shape index (κ3) is 5.58. The van der Waals surface area contributed by atoms with Gasteiger partial charge in [-0.1, -0.05) is 27.7 Å². The minimum atomic E-state index is -0.600. The molecule has 1 unspecified atom stereocenters. The Morgan fingerprint density at radius 3 is 2.12 bits per heavy atom. The van der Waals surface area contributed by atoms with Gasteiger partial charge in [-0.3, -0.25) is 0 Å². The number of urea groups is 1. The molecule has 2 amide bonds. The van der Waals surface area contributed by atoms with E-state index in [1.165, 1.54) is 7.11 Å². The minimum Gasteiger partial charge on any atom is -0.467 e. The maximum atomic E-state index is 11.5. The lowest BCUT2D eigenvalue weighted by Gasteiger charge is -2.20. The number of methoxy groups -OCH3 is 1. The van der Waals surface area contributed by atoms with E-state index in [2.05, 4.69) is 15.4 Å². The monoisotopic (exact) mass is 230 g/mol. The molecule has 2 N–H and O–H groups in total. The van der Waals surface area contributed by atoms with Crippen molar-refractivity contribution in [2.75, 3.05) is 13.7 Å². The molecule has 5 nitrogen and oxygen atoms in total. The van der Waals surface area contributed by atoms with Gasteiger partial charge >= 0.3 is 12.0 Å². The molecule has 0 heterocycles. The van der Waals surface area contributed by atoms with E-state index in [9.17, 15) is 9.59 Å². The van der Waals surface area contributed by atoms with Crippen molar-refractivity contribution >= 4 is 12.0 Å². The second-order valence-electron chi connectivity index (χ2n) is 4.49. The molecule has 0 aliphatic carbocycles. The van der Waals surface area contributed by atoms with Crippen LogP contribution in [0, 0.1) is 11.8 Å². The highest BCUT2D eigenvalue weighted by atomic mass is 16.5. The van der Waals surface area contributed by atoms with Gasteiger partial charge in [-0.2, -0.15) is 0 Å². The topological polar surface area (TPSA) is 67.4 Å². The fourth-order valence-electron chi connectivity index (χ4n) is 1.11. The van der Waals surface area contributed by atoms with Crippen LogP contribution in [-0.4, -0.2) is 31.7 Å². The summed E-state index contributed by atoms with van der Waals surface area (Å²) in [6.07, 6.45) is 0. The van der Waals surface area contributed by atoms with Gasteiger partial charge < -0.3 is 15.4 Å². The molecule has 94 valence electrons. The van der Waals surface area contributed by atoms with Gasteiger partial charge in [0, 0.05) is 6.54 Å². The molecular weight excluding hydrogens is 208 g/mol. The van der Waals surface area contributed by atoms with Crippen LogP contribution in [0.3, 0.4) is 0 Å². The van der Waals surface area contributed by atoms with Crippen LogP contribution < -0.4 is 10.6 Å². The van der Waals surface area contributed by atoms with Crippen LogP contribution in [0.4, 0.5) is 4.79 Å². The Balaban J connectivity index is 4.19. The van der Waals surface area contributed by atoms with E-state index in [0.29, 0.717) is 12.5 Å². The predicted octanol–water partition coefficient (Wildman–Crippen LogP) is 1.14. The SMILES string of the molecule is COC(=O)C(NC(=O)NCC(C)C)C(C)C. The van der Waals surface area contributed by atoms with Crippen molar-refractivity contribution in [2.45, 2.75) is 33.7 Å². The van der Waals surface area contributed by atoms with Crippen molar-refractivity contribution in [3.8, 4) is 0 Å². The molecule has 0 saturated heterocycles. The van der Waals surface area contributed by atoms with Crippen molar-refractivity contribution < 1.29 is 14.3 Å². The van der Waals surface area contributed by atoms with Crippen LogP contribution in [0.5, 0.6) is 0 Å². The molecule has 0 aromatic rings. The average Bonchev–Trinajstić information content (AvgIpc) is 2.21. The first-order chi connectivity index (χ1) is 7.38. The summed E-state index contributed by atoms with van der Waals surface area (Å²) in [6, 6.07) is -0.935. The summed E-state index contributed by atoms with van der Waals surface area (Å²) >= 11 is 0. The minimum absolute atomic E-state index is 0.00255. The molecular formula is C11H22N2O3. The van der Waals surface area contributed by atoms with E-state index in [-0.39, 0.29) is 11.9 Å². The number of carbonyl (C=O) groups is 2. The lowest BCUT2D eigenvalue weighted by molar-refractivity contribution is -0.143. The van der Waals surface area contributed by atoms with Gasteiger partial charge in [0.25, 0.3) is 0 Å². The first kappa shape index (κ1) is 14.7. The van der Waals surface area contributed by atoms with Gasteiger partial charge in [-0.05, 0) is 11.8 Å². The van der Waals surface area contributed by atoms with Crippen LogP contribution in [0.25, 0.3) is 0 Å². The lowest BCUT2D eigenvalue weighted by atomic mass is 10.1. The molecule has 0 aromatic heterocycles. The molecule has 0 bridgehead atoms. The first-order valence-corrected chi connectivity index (χ1v) is 5.50. The van der Waals surface area contributed by atoms with Crippen LogP contribution in [-0.2, 0) is 9.53 Å². The Morgan fingerprint density at radius 1 is 1.19 bits per heavy atom. The van der Waals surface area contributed by atoms with Gasteiger partial charge in [0.2, 0.25) is 0 Å². The third-order valence-corrected chi connectivity index (χ3v) is 2.08. The highest BCUT2D eigenvalue weighted by Crippen LogP contribution is 2.03. The average molecular weight is 230 g/mol. The van der Waals surface area contributed by atoms with Gasteiger partial charge in [-0.25, -0.2) is 9.59 Å². The smallest absolute Gasteiger partial charge is 0.328 e. The van der Waals surface area contributed by atoms with Crippen molar-refractivity contribution in [3.05, 3.63) is 0 Å². The number of carbonyl (C=O) groups excluding carboxylic acids is 2. The Hall–Kier alpha value is -1.26. The van der Waals surface area contributed by atoms with Gasteiger partial charge in [0.15, 0.2) is 0 Å². The number of rotatable bonds is 5. The van der Waals surface area contributed by atoms with E-state index in [0.717, 1.165) is 0 Å². The highest BCUT2D eigenvalue weighted by molar-refractivity contribution is 5.83. The zero-order valence-corrected chi connectivity index (χ0v) is 10.7. The molecule has 16 heavy (non-hydrogen) atoms. The summed E-state index contributed by atoms with van der Waals surface area (Å²) in [5.41, 5.74) is 0. The Bertz CT molecular complexity index is 239. The summed E-state index contributed by atoms with van der Waals surface area (Å²) in [5.74, 6) is -0.0478. The standard InChI is InChI=1S/C11H22N2O3/c1-7(2)6-12-11(15)13-9(8(3)4)10(14)16-5/h7-9H,6H2,1-5H3,(H2,12,13,15). The zero-order chi connectivity index (χ0) is 12.7. The number of hydrogen-bond donors (Lipinski definition) is 2. The molecule has 1 atom stereocenters. The van der Waals surface area contributed by atoms with Gasteiger partial charge in [-0.15, -0.1) is 0 Å². The predicted molar refractivity (Wildman–Crippen MR) is 62.0 cm³/mol. The van der Waals surface area contributed by atoms with E-state index in [4.69, 9.17) is 0 Å². The number of hydrogen-bond acceptors (Lipinski definition) is 3. The first-order valence-electron chi connectivity index (χ1n) is 5.50. The van der Waals surface area contributed by atoms with E-state index < -0.39 is 12.0 Å². The summed E-state index contributed by atoms with van der Waals surface area (Å²) in [4.78, 5) is 22.8. The van der Waals surface area contributed by atoms with Crippen molar-refractivity contribution in [2.24, 2.45) is 11.8 Å². The molecule has 0 fully saturated rings. The molecule has 0 saturated carbocycles. The zero-order valence-electron chi connectivity index (χ0n) is 10.7. The maximum absolute atomic E-state index is 11.5. The second kappa shape index (κ2) is 7.09. The highest BCUT2D eigenvalue weighted by Gasteiger charge is 2.24. The normalized spacial score (nSPS) is 12.4. The molecule has 0 spiro atoms. The van der Waals surface area contributed by atoms with E-state index >= 15 is 0 Å². The van der Waals surface area contributed by atoms with Crippen molar-refractivity contribution in [3.63, 3.8) is 0 Å². The van der Waals surface area contributed by atoms with E-state index in [1.807, 2.05) is 27.7 Å². The molecule has 0 aliphatic heterocycles. The maximum Gasteiger partial charge on any atom is 0.328 e. The summed E-state index contributed by atoms with van der Waals surface area (Å²) in [7, 11) is 1.31. The van der Waals surface area contributed by atoms with Gasteiger partial charge in [0.05, 0.1) is 7.11 Å². The Kier molecular flexibility index (Phi) is 6.53. The second-order valence-corrected chi connectivity index (χ2v) is 4.49. The fourth-order valence-corrected chi connectivity index (χ4v) is 1.11. The Morgan fingerprint density at radius 2 is 1.75 bits per heavy atom. The largest absolute Gasteiger partial charge is 0.467 e. The number of esters is 1. The van der Waals surface area contributed by atoms with Crippen LogP contribution in [0.2, 0.25) is 0 Å². The summed E-state index contributed by atoms with van der Waals surface area (Å²) in [5, 5.41) is 5.29. The fraction of sp³-hybridized carbons (Fsp3) is 0.818. The Labute approximate surface area is 96.9 Å². The van der Waals surface area contributed by atoms with Gasteiger partial charge in [0.1, 0.15) is 6.04 Å². The quantitative estimate of drug-likeness (QED) is 0.696. The molecule has 0 aliphatic rings. The van der Waals surface area contributed by atoms with Crippen molar-refractivity contribution in [1.82, 2.24) is 10.6 Å². The van der Waals surface area contributed by atoms with E-state index in [1.54, 1.807) is 0 Å². The molecule has 5 heteroatoms. The van der Waals surface area contributed by atoms with Crippen LogP contribution >= 0.6 is 0 Å². The molecule has 0 aromatic carbocycles. The molecule has 0 rings (SSSR count). The summed E-state index contributed by atoms with van der Waals surface area (Å²) in [6.45, 7) is 8.29. The molecule has 0 radical (unpaired) electrons.